The molecular weight excluding hydrogens is 252 g/mol. The van der Waals surface area contributed by atoms with Crippen molar-refractivity contribution in [2.45, 2.75) is 6.04 Å². The zero-order valence-corrected chi connectivity index (χ0v) is 11.8. The van der Waals surface area contributed by atoms with Gasteiger partial charge in [0.25, 0.3) is 0 Å². The average Bonchev–Trinajstić information content (AvgIpc) is 2.42. The minimum atomic E-state index is -0.848. The summed E-state index contributed by atoms with van der Waals surface area (Å²) in [6.07, 6.45) is 0. The van der Waals surface area contributed by atoms with Crippen molar-refractivity contribution in [1.29, 1.82) is 0 Å². The zero-order chi connectivity index (χ0) is 14.5. The van der Waals surface area contributed by atoms with Crippen LogP contribution in [0, 0.1) is 0 Å². The normalized spacial score (nSPS) is 12.8. The molecule has 2 aromatic rings. The maximum Gasteiger partial charge on any atom is 0.325 e. The molecule has 4 heteroatoms. The molecule has 0 amide bonds. The molecule has 0 aliphatic heterocycles. The Kier molecular flexibility index (Phi) is 4.71. The summed E-state index contributed by atoms with van der Waals surface area (Å²) in [5.74, 6) is -0.848. The molecule has 20 heavy (non-hydrogen) atoms. The quantitative estimate of drug-likeness (QED) is 0.845. The van der Waals surface area contributed by atoms with Gasteiger partial charge in [0, 0.05) is 13.1 Å². The summed E-state index contributed by atoms with van der Waals surface area (Å²) in [5.41, 5.74) is 0.787. The lowest BCUT2D eigenvalue weighted by Gasteiger charge is -2.17. The molecule has 0 aliphatic rings. The first kappa shape index (κ1) is 14.5. The highest BCUT2D eigenvalue weighted by Gasteiger charge is 2.19. The van der Waals surface area contributed by atoms with E-state index < -0.39 is 12.0 Å². The van der Waals surface area contributed by atoms with Gasteiger partial charge in [-0.05, 0) is 36.5 Å². The van der Waals surface area contributed by atoms with E-state index in [9.17, 15) is 9.90 Å². The van der Waals surface area contributed by atoms with Gasteiger partial charge in [0.05, 0.1) is 0 Å². The van der Waals surface area contributed by atoms with Gasteiger partial charge in [-0.25, -0.2) is 0 Å². The average molecular weight is 272 g/mol. The molecule has 0 heterocycles. The van der Waals surface area contributed by atoms with Crippen molar-refractivity contribution in [1.82, 2.24) is 10.2 Å². The van der Waals surface area contributed by atoms with E-state index in [1.165, 1.54) is 0 Å². The van der Waals surface area contributed by atoms with Crippen molar-refractivity contribution in [2.75, 3.05) is 27.2 Å². The molecule has 2 aromatic carbocycles. The first-order valence-electron chi connectivity index (χ1n) is 6.67. The fourth-order valence-corrected chi connectivity index (χ4v) is 2.17. The van der Waals surface area contributed by atoms with Crippen molar-refractivity contribution in [3.63, 3.8) is 0 Å². The lowest BCUT2D eigenvalue weighted by molar-refractivity contribution is -0.139. The highest BCUT2D eigenvalue weighted by atomic mass is 16.4. The predicted molar refractivity (Wildman–Crippen MR) is 80.9 cm³/mol. The van der Waals surface area contributed by atoms with E-state index in [0.717, 1.165) is 22.9 Å². The Labute approximate surface area is 119 Å². The number of likely N-dealkylation sites (N-methyl/N-ethyl adjacent to an activating group) is 1. The van der Waals surface area contributed by atoms with Gasteiger partial charge >= 0.3 is 5.97 Å². The lowest BCUT2D eigenvalue weighted by Crippen LogP contribution is -2.33. The Morgan fingerprint density at radius 1 is 1.20 bits per heavy atom. The molecule has 1 unspecified atom stereocenters. The molecule has 0 saturated heterocycles. The van der Waals surface area contributed by atoms with E-state index in [1.807, 2.05) is 61.5 Å². The maximum absolute atomic E-state index is 11.4. The minimum Gasteiger partial charge on any atom is -0.480 e. The predicted octanol–water partition coefficient (Wildman–Crippen LogP) is 2.12. The molecule has 4 nitrogen and oxygen atoms in total. The Morgan fingerprint density at radius 3 is 2.55 bits per heavy atom. The van der Waals surface area contributed by atoms with Crippen molar-refractivity contribution in [3.05, 3.63) is 48.0 Å². The Bertz CT molecular complexity index is 596. The van der Waals surface area contributed by atoms with E-state index in [2.05, 4.69) is 5.32 Å². The summed E-state index contributed by atoms with van der Waals surface area (Å²) in [4.78, 5) is 13.5. The third-order valence-electron chi connectivity index (χ3n) is 3.26. The molecule has 0 bridgehead atoms. The number of nitrogens with one attached hydrogen (secondary N) is 1. The fraction of sp³-hybridized carbons (Fsp3) is 0.312. The topological polar surface area (TPSA) is 52.6 Å². The van der Waals surface area contributed by atoms with Crippen molar-refractivity contribution >= 4 is 16.7 Å². The second-order valence-electron chi connectivity index (χ2n) is 5.14. The second-order valence-corrected chi connectivity index (χ2v) is 5.14. The van der Waals surface area contributed by atoms with Gasteiger partial charge in [0.1, 0.15) is 6.04 Å². The highest BCUT2D eigenvalue weighted by Crippen LogP contribution is 2.20. The van der Waals surface area contributed by atoms with Crippen LogP contribution in [0.1, 0.15) is 11.6 Å². The molecule has 0 spiro atoms. The summed E-state index contributed by atoms with van der Waals surface area (Å²) >= 11 is 0. The van der Waals surface area contributed by atoms with Crippen LogP contribution in [0.25, 0.3) is 10.8 Å². The van der Waals surface area contributed by atoms with Gasteiger partial charge < -0.3 is 10.0 Å². The zero-order valence-electron chi connectivity index (χ0n) is 11.8. The van der Waals surface area contributed by atoms with Crippen molar-refractivity contribution in [3.8, 4) is 0 Å². The van der Waals surface area contributed by atoms with Gasteiger partial charge in [0.2, 0.25) is 0 Å². The van der Waals surface area contributed by atoms with Crippen LogP contribution in [0.15, 0.2) is 42.5 Å². The van der Waals surface area contributed by atoms with Crippen LogP contribution in [0.4, 0.5) is 0 Å². The molecule has 0 aliphatic carbocycles. The second kappa shape index (κ2) is 6.50. The molecule has 0 fully saturated rings. The number of carboxylic acids is 1. The third-order valence-corrected chi connectivity index (χ3v) is 3.26. The minimum absolute atomic E-state index is 0.636. The van der Waals surface area contributed by atoms with Crippen LogP contribution < -0.4 is 5.32 Å². The van der Waals surface area contributed by atoms with E-state index in [-0.39, 0.29) is 0 Å². The SMILES string of the molecule is CN(C)CCNC(C(=O)O)c1ccc2ccccc2c1. The smallest absolute Gasteiger partial charge is 0.325 e. The third kappa shape index (κ3) is 3.56. The van der Waals surface area contributed by atoms with Crippen LogP contribution in [0.3, 0.4) is 0 Å². The lowest BCUT2D eigenvalue weighted by atomic mass is 10.0. The molecule has 0 saturated carbocycles. The number of carboxylic acid groups (broad SMARTS) is 1. The first-order chi connectivity index (χ1) is 9.58. The maximum atomic E-state index is 11.4. The van der Waals surface area contributed by atoms with Crippen LogP contribution in [-0.2, 0) is 4.79 Å². The number of fused-ring (bicyclic) bond motifs is 1. The Hall–Kier alpha value is -1.91. The molecule has 2 N–H and O–H groups in total. The Morgan fingerprint density at radius 2 is 1.90 bits per heavy atom. The van der Waals surface area contributed by atoms with E-state index in [4.69, 9.17) is 0 Å². The first-order valence-corrected chi connectivity index (χ1v) is 6.67. The number of hydrogen-bond donors (Lipinski definition) is 2. The highest BCUT2D eigenvalue weighted by molar-refractivity contribution is 5.85. The molecule has 106 valence electrons. The number of aliphatic carboxylic acids is 1. The standard InChI is InChI=1S/C16H20N2O2/c1-18(2)10-9-17-15(16(19)20)14-8-7-12-5-3-4-6-13(12)11-14/h3-8,11,15,17H,9-10H2,1-2H3,(H,19,20). The number of benzene rings is 2. The van der Waals surface area contributed by atoms with Gasteiger partial charge in [-0.15, -0.1) is 0 Å². The van der Waals surface area contributed by atoms with Crippen LogP contribution >= 0.6 is 0 Å². The summed E-state index contributed by atoms with van der Waals surface area (Å²) in [6.45, 7) is 1.44. The number of hydrogen-bond acceptors (Lipinski definition) is 3. The monoisotopic (exact) mass is 272 g/mol. The largest absolute Gasteiger partial charge is 0.480 e. The fourth-order valence-electron chi connectivity index (χ4n) is 2.17. The molecular formula is C16H20N2O2. The number of rotatable bonds is 6. The van der Waals surface area contributed by atoms with Crippen molar-refractivity contribution < 1.29 is 9.90 Å². The van der Waals surface area contributed by atoms with Crippen LogP contribution in [0.5, 0.6) is 0 Å². The van der Waals surface area contributed by atoms with Crippen LogP contribution in [0.2, 0.25) is 0 Å². The van der Waals surface area contributed by atoms with Gasteiger partial charge in [-0.2, -0.15) is 0 Å². The van der Waals surface area contributed by atoms with E-state index in [0.29, 0.717) is 6.54 Å². The number of carbonyl (C=O) groups is 1. The Balaban J connectivity index is 2.20. The molecule has 0 aromatic heterocycles. The summed E-state index contributed by atoms with van der Waals surface area (Å²) < 4.78 is 0. The number of nitrogens with zero attached hydrogens (tertiary/aromatic N) is 1. The summed E-state index contributed by atoms with van der Waals surface area (Å²) in [6, 6.07) is 13.1. The van der Waals surface area contributed by atoms with E-state index >= 15 is 0 Å². The summed E-state index contributed by atoms with van der Waals surface area (Å²) in [7, 11) is 3.93. The summed E-state index contributed by atoms with van der Waals surface area (Å²) in [5, 5.41) is 14.7. The van der Waals surface area contributed by atoms with Crippen molar-refractivity contribution in [2.24, 2.45) is 0 Å². The van der Waals surface area contributed by atoms with Crippen LogP contribution in [-0.4, -0.2) is 43.2 Å². The molecule has 2 rings (SSSR count). The van der Waals surface area contributed by atoms with Gasteiger partial charge in [-0.1, -0.05) is 36.4 Å². The molecule has 0 radical (unpaired) electrons. The van der Waals surface area contributed by atoms with Gasteiger partial charge in [0.15, 0.2) is 0 Å². The van der Waals surface area contributed by atoms with Gasteiger partial charge in [-0.3, -0.25) is 10.1 Å². The molecule has 1 atom stereocenters. The van der Waals surface area contributed by atoms with E-state index in [1.54, 1.807) is 0 Å².